The molecule has 1 aromatic heterocycles. The van der Waals surface area contributed by atoms with E-state index in [1.54, 1.807) is 23.5 Å². The van der Waals surface area contributed by atoms with E-state index in [4.69, 9.17) is 16.3 Å². The van der Waals surface area contributed by atoms with Gasteiger partial charge in [0.1, 0.15) is 18.0 Å². The van der Waals surface area contributed by atoms with Crippen molar-refractivity contribution in [3.63, 3.8) is 0 Å². The van der Waals surface area contributed by atoms with Crippen molar-refractivity contribution in [2.75, 3.05) is 0 Å². The number of aliphatic hydroxyl groups excluding tert-OH is 1. The monoisotopic (exact) mass is 318 g/mol. The highest BCUT2D eigenvalue weighted by Crippen LogP contribution is 2.32. The van der Waals surface area contributed by atoms with E-state index in [1.165, 1.54) is 0 Å². The summed E-state index contributed by atoms with van der Waals surface area (Å²) in [4.78, 5) is 0. The maximum atomic E-state index is 10.6. The molecule has 0 aliphatic heterocycles. The molecule has 21 heavy (non-hydrogen) atoms. The van der Waals surface area contributed by atoms with Crippen molar-refractivity contribution in [1.29, 1.82) is 0 Å². The third-order valence-corrected chi connectivity index (χ3v) is 4.61. The van der Waals surface area contributed by atoms with Gasteiger partial charge in [-0.3, -0.25) is 0 Å². The van der Waals surface area contributed by atoms with Gasteiger partial charge in [0.05, 0.1) is 0 Å². The molecule has 0 saturated heterocycles. The normalized spacial score (nSPS) is 14.0. The molecular weight excluding hydrogens is 304 g/mol. The lowest BCUT2D eigenvalue weighted by Gasteiger charge is -2.21. The Kier molecular flexibility index (Phi) is 4.15. The highest BCUT2D eigenvalue weighted by atomic mass is 35.5. The minimum Gasteiger partial charge on any atom is -0.488 e. The summed E-state index contributed by atoms with van der Waals surface area (Å²) in [5.41, 5.74) is 0.900. The molecule has 0 aliphatic carbocycles. The third kappa shape index (κ3) is 3.05. The first kappa shape index (κ1) is 14.4. The van der Waals surface area contributed by atoms with Crippen LogP contribution in [-0.4, -0.2) is 11.2 Å². The lowest BCUT2D eigenvalue weighted by atomic mass is 10.0. The fraction of sp³-hybridized carbons (Fsp3) is 0.176. The van der Waals surface area contributed by atoms with Gasteiger partial charge in [0, 0.05) is 15.3 Å². The molecule has 2 atom stereocenters. The molecule has 0 fully saturated rings. The Morgan fingerprint density at radius 1 is 1.14 bits per heavy atom. The fourth-order valence-electron chi connectivity index (χ4n) is 2.32. The van der Waals surface area contributed by atoms with Crippen molar-refractivity contribution in [2.45, 2.75) is 19.1 Å². The van der Waals surface area contributed by atoms with E-state index in [2.05, 4.69) is 6.07 Å². The van der Waals surface area contributed by atoms with Gasteiger partial charge in [-0.25, -0.2) is 0 Å². The summed E-state index contributed by atoms with van der Waals surface area (Å²) < 4.78 is 6.91. The highest BCUT2D eigenvalue weighted by molar-refractivity contribution is 7.17. The molecule has 3 aromatic rings. The van der Waals surface area contributed by atoms with Gasteiger partial charge in [0.25, 0.3) is 0 Å². The molecule has 0 amide bonds. The molecule has 0 spiro atoms. The Hall–Kier alpha value is -1.55. The van der Waals surface area contributed by atoms with E-state index in [-0.39, 0.29) is 6.10 Å². The Balaban J connectivity index is 1.84. The van der Waals surface area contributed by atoms with Crippen LogP contribution in [0.4, 0.5) is 0 Å². The van der Waals surface area contributed by atoms with Gasteiger partial charge in [-0.2, -0.15) is 0 Å². The van der Waals surface area contributed by atoms with Crippen molar-refractivity contribution < 1.29 is 9.84 Å². The van der Waals surface area contributed by atoms with Crippen LogP contribution in [0, 0.1) is 0 Å². The minimum absolute atomic E-state index is 0.365. The van der Waals surface area contributed by atoms with Crippen LogP contribution in [-0.2, 0) is 0 Å². The first-order chi connectivity index (χ1) is 10.1. The molecule has 0 radical (unpaired) electrons. The standard InChI is InChI=1S/C17H15ClO2S/c1-11(20-14-6-3-5-13(18)10-14)16(19)15-7-2-4-12-8-9-21-17(12)15/h2-11,16,19H,1H3. The molecule has 0 aliphatic rings. The molecule has 4 heteroatoms. The molecule has 2 unspecified atom stereocenters. The predicted molar refractivity (Wildman–Crippen MR) is 88.3 cm³/mol. The van der Waals surface area contributed by atoms with E-state index in [1.807, 2.05) is 42.6 Å². The molecule has 2 aromatic carbocycles. The van der Waals surface area contributed by atoms with Gasteiger partial charge in [0.2, 0.25) is 0 Å². The smallest absolute Gasteiger partial charge is 0.126 e. The number of fused-ring (bicyclic) bond motifs is 1. The van der Waals surface area contributed by atoms with Crippen LogP contribution in [0.15, 0.2) is 53.9 Å². The fourth-order valence-corrected chi connectivity index (χ4v) is 3.45. The maximum absolute atomic E-state index is 10.6. The van der Waals surface area contributed by atoms with Crippen LogP contribution >= 0.6 is 22.9 Å². The van der Waals surface area contributed by atoms with Gasteiger partial charge in [0.15, 0.2) is 0 Å². The average Bonchev–Trinajstić information content (AvgIpc) is 2.94. The molecule has 108 valence electrons. The van der Waals surface area contributed by atoms with Gasteiger partial charge >= 0.3 is 0 Å². The summed E-state index contributed by atoms with van der Waals surface area (Å²) in [5, 5.41) is 14.4. The topological polar surface area (TPSA) is 29.5 Å². The second kappa shape index (κ2) is 6.06. The number of thiophene rings is 1. The number of benzene rings is 2. The number of halogens is 1. The van der Waals surface area contributed by atoms with E-state index >= 15 is 0 Å². The van der Waals surface area contributed by atoms with Crippen molar-refractivity contribution in [2.24, 2.45) is 0 Å². The first-order valence-corrected chi connectivity index (χ1v) is 7.97. The number of aliphatic hydroxyl groups is 1. The lowest BCUT2D eigenvalue weighted by Crippen LogP contribution is -2.21. The molecule has 2 nitrogen and oxygen atoms in total. The largest absolute Gasteiger partial charge is 0.488 e. The zero-order valence-corrected chi connectivity index (χ0v) is 13.1. The predicted octanol–water partition coefficient (Wildman–Crippen LogP) is 5.06. The summed E-state index contributed by atoms with van der Waals surface area (Å²) in [6, 6.07) is 15.2. The number of ether oxygens (including phenoxy) is 1. The van der Waals surface area contributed by atoms with Crippen molar-refractivity contribution in [1.82, 2.24) is 0 Å². The SMILES string of the molecule is CC(Oc1cccc(Cl)c1)C(O)c1cccc2ccsc12. The lowest BCUT2D eigenvalue weighted by molar-refractivity contribution is 0.0478. The molecule has 3 rings (SSSR count). The summed E-state index contributed by atoms with van der Waals surface area (Å²) >= 11 is 7.58. The van der Waals surface area contributed by atoms with Crippen LogP contribution in [0.2, 0.25) is 5.02 Å². The van der Waals surface area contributed by atoms with E-state index in [0.29, 0.717) is 10.8 Å². The van der Waals surface area contributed by atoms with Gasteiger partial charge in [-0.15, -0.1) is 11.3 Å². The number of hydrogen-bond donors (Lipinski definition) is 1. The first-order valence-electron chi connectivity index (χ1n) is 6.71. The zero-order chi connectivity index (χ0) is 14.8. The van der Waals surface area contributed by atoms with Crippen molar-refractivity contribution in [3.05, 3.63) is 64.5 Å². The Morgan fingerprint density at radius 3 is 2.76 bits per heavy atom. The summed E-state index contributed by atoms with van der Waals surface area (Å²) in [5.74, 6) is 0.660. The van der Waals surface area contributed by atoms with Gasteiger partial charge in [-0.05, 0) is 42.0 Å². The Bertz CT molecular complexity index is 753. The van der Waals surface area contributed by atoms with E-state index in [0.717, 1.165) is 15.6 Å². The van der Waals surface area contributed by atoms with Gasteiger partial charge < -0.3 is 9.84 Å². The van der Waals surface area contributed by atoms with E-state index < -0.39 is 6.10 Å². The molecule has 1 heterocycles. The van der Waals surface area contributed by atoms with Crippen molar-refractivity contribution in [3.8, 4) is 5.75 Å². The Morgan fingerprint density at radius 2 is 1.95 bits per heavy atom. The highest BCUT2D eigenvalue weighted by Gasteiger charge is 2.20. The van der Waals surface area contributed by atoms with Crippen LogP contribution in [0.3, 0.4) is 0 Å². The van der Waals surface area contributed by atoms with Crippen LogP contribution < -0.4 is 4.74 Å². The van der Waals surface area contributed by atoms with Crippen molar-refractivity contribution >= 4 is 33.0 Å². The Labute approximate surface area is 132 Å². The molecule has 0 bridgehead atoms. The number of rotatable bonds is 4. The average molecular weight is 319 g/mol. The molecule has 1 N–H and O–H groups in total. The second-order valence-electron chi connectivity index (χ2n) is 4.91. The van der Waals surface area contributed by atoms with Crippen LogP contribution in [0.25, 0.3) is 10.1 Å². The zero-order valence-electron chi connectivity index (χ0n) is 11.5. The van der Waals surface area contributed by atoms with E-state index in [9.17, 15) is 5.11 Å². The van der Waals surface area contributed by atoms with Crippen LogP contribution in [0.5, 0.6) is 5.75 Å². The molecule has 0 saturated carbocycles. The second-order valence-corrected chi connectivity index (χ2v) is 6.26. The minimum atomic E-state index is -0.689. The maximum Gasteiger partial charge on any atom is 0.126 e. The third-order valence-electron chi connectivity index (χ3n) is 3.39. The summed E-state index contributed by atoms with van der Waals surface area (Å²) in [6.07, 6.45) is -1.05. The molecular formula is C17H15ClO2S. The van der Waals surface area contributed by atoms with Gasteiger partial charge in [-0.1, -0.05) is 35.9 Å². The number of hydrogen-bond acceptors (Lipinski definition) is 3. The summed E-state index contributed by atoms with van der Waals surface area (Å²) in [7, 11) is 0. The quantitative estimate of drug-likeness (QED) is 0.729. The van der Waals surface area contributed by atoms with Crippen LogP contribution in [0.1, 0.15) is 18.6 Å². The summed E-state index contributed by atoms with van der Waals surface area (Å²) in [6.45, 7) is 1.86.